The highest BCUT2D eigenvalue weighted by molar-refractivity contribution is 5.06. The Labute approximate surface area is 98.5 Å². The van der Waals surface area contributed by atoms with Gasteiger partial charge in [0, 0.05) is 31.0 Å². The summed E-state index contributed by atoms with van der Waals surface area (Å²) < 4.78 is 2.22. The zero-order valence-corrected chi connectivity index (χ0v) is 10.6. The smallest absolute Gasteiger partial charge is 0.0584 e. The molecule has 16 heavy (non-hydrogen) atoms. The molecule has 0 radical (unpaired) electrons. The van der Waals surface area contributed by atoms with Crippen LogP contribution >= 0.6 is 0 Å². The third-order valence-corrected chi connectivity index (χ3v) is 2.81. The minimum atomic E-state index is 0.209. The Hall–Kier alpha value is -0.800. The van der Waals surface area contributed by atoms with Gasteiger partial charge >= 0.3 is 0 Å². The van der Waals surface area contributed by atoms with E-state index in [1.54, 1.807) is 0 Å². The van der Waals surface area contributed by atoms with Crippen LogP contribution in [0.3, 0.4) is 0 Å². The molecular formula is C13H24N2O. The third-order valence-electron chi connectivity index (χ3n) is 2.81. The van der Waals surface area contributed by atoms with Crippen molar-refractivity contribution in [3.8, 4) is 0 Å². The maximum absolute atomic E-state index is 9.26. The van der Waals surface area contributed by atoms with Crippen LogP contribution in [0.15, 0.2) is 18.3 Å². The number of hydrogen-bond donors (Lipinski definition) is 2. The summed E-state index contributed by atoms with van der Waals surface area (Å²) in [5.41, 5.74) is 1.28. The SMILES string of the molecule is CCn1cccc1CNC(CO)CC(C)C. The van der Waals surface area contributed by atoms with Gasteiger partial charge in [-0.15, -0.1) is 0 Å². The molecule has 0 saturated heterocycles. The van der Waals surface area contributed by atoms with Crippen LogP contribution in [0.2, 0.25) is 0 Å². The fourth-order valence-corrected chi connectivity index (χ4v) is 1.96. The van der Waals surface area contributed by atoms with Gasteiger partial charge in [-0.25, -0.2) is 0 Å². The van der Waals surface area contributed by atoms with Gasteiger partial charge in [0.15, 0.2) is 0 Å². The van der Waals surface area contributed by atoms with Crippen molar-refractivity contribution in [2.45, 2.75) is 46.3 Å². The number of aryl methyl sites for hydroxylation is 1. The van der Waals surface area contributed by atoms with Gasteiger partial charge in [0.25, 0.3) is 0 Å². The largest absolute Gasteiger partial charge is 0.395 e. The number of hydrogen-bond acceptors (Lipinski definition) is 2. The first-order valence-electron chi connectivity index (χ1n) is 6.15. The summed E-state index contributed by atoms with van der Waals surface area (Å²) in [4.78, 5) is 0. The van der Waals surface area contributed by atoms with Gasteiger partial charge in [-0.1, -0.05) is 13.8 Å². The van der Waals surface area contributed by atoms with Gasteiger partial charge in [0.2, 0.25) is 0 Å². The van der Waals surface area contributed by atoms with Gasteiger partial charge in [0.1, 0.15) is 0 Å². The Morgan fingerprint density at radius 3 is 2.75 bits per heavy atom. The maximum Gasteiger partial charge on any atom is 0.0584 e. The van der Waals surface area contributed by atoms with Crippen molar-refractivity contribution in [3.63, 3.8) is 0 Å². The molecule has 1 atom stereocenters. The summed E-state index contributed by atoms with van der Waals surface area (Å²) in [7, 11) is 0. The Morgan fingerprint density at radius 2 is 2.19 bits per heavy atom. The minimum Gasteiger partial charge on any atom is -0.395 e. The van der Waals surface area contributed by atoms with Gasteiger partial charge in [0.05, 0.1) is 6.61 Å². The molecule has 0 bridgehead atoms. The number of rotatable bonds is 7. The normalized spacial score (nSPS) is 13.3. The molecule has 92 valence electrons. The standard InChI is InChI=1S/C13H24N2O/c1-4-15-7-5-6-13(15)9-14-12(10-16)8-11(2)3/h5-7,11-12,14,16H,4,8-10H2,1-3H3. The number of nitrogens with one attached hydrogen (secondary N) is 1. The molecule has 0 spiro atoms. The molecule has 0 amide bonds. The highest BCUT2D eigenvalue weighted by Crippen LogP contribution is 2.06. The van der Waals surface area contributed by atoms with E-state index in [0.29, 0.717) is 5.92 Å². The molecule has 1 unspecified atom stereocenters. The fourth-order valence-electron chi connectivity index (χ4n) is 1.96. The maximum atomic E-state index is 9.26. The molecule has 0 aromatic carbocycles. The molecule has 0 saturated carbocycles. The molecule has 0 fully saturated rings. The zero-order valence-electron chi connectivity index (χ0n) is 10.6. The summed E-state index contributed by atoms with van der Waals surface area (Å²) in [6, 6.07) is 4.40. The van der Waals surface area contributed by atoms with Crippen LogP contribution < -0.4 is 5.32 Å². The molecule has 1 rings (SSSR count). The van der Waals surface area contributed by atoms with Crippen LogP contribution in [-0.4, -0.2) is 22.3 Å². The van der Waals surface area contributed by atoms with Gasteiger partial charge < -0.3 is 15.0 Å². The van der Waals surface area contributed by atoms with E-state index in [2.05, 4.69) is 49.0 Å². The van der Waals surface area contributed by atoms with Gasteiger partial charge in [-0.05, 0) is 31.4 Å². The highest BCUT2D eigenvalue weighted by atomic mass is 16.3. The summed E-state index contributed by atoms with van der Waals surface area (Å²) in [5.74, 6) is 0.614. The Bertz CT molecular complexity index is 294. The lowest BCUT2D eigenvalue weighted by atomic mass is 10.0. The monoisotopic (exact) mass is 224 g/mol. The Kier molecular flexibility index (Phi) is 5.56. The van der Waals surface area contributed by atoms with Crippen molar-refractivity contribution in [1.82, 2.24) is 9.88 Å². The van der Waals surface area contributed by atoms with Crippen LogP contribution in [0, 0.1) is 5.92 Å². The van der Waals surface area contributed by atoms with E-state index in [1.807, 2.05) is 0 Å². The number of aliphatic hydroxyl groups is 1. The van der Waals surface area contributed by atoms with Crippen LogP contribution in [0.25, 0.3) is 0 Å². The quantitative estimate of drug-likeness (QED) is 0.743. The fraction of sp³-hybridized carbons (Fsp3) is 0.692. The molecule has 3 nitrogen and oxygen atoms in total. The first kappa shape index (κ1) is 13.3. The van der Waals surface area contributed by atoms with Crippen molar-refractivity contribution in [2.75, 3.05) is 6.61 Å². The van der Waals surface area contributed by atoms with Crippen molar-refractivity contribution < 1.29 is 5.11 Å². The average Bonchev–Trinajstić information content (AvgIpc) is 2.70. The average molecular weight is 224 g/mol. The van der Waals surface area contributed by atoms with Crippen LogP contribution in [0.5, 0.6) is 0 Å². The number of nitrogens with zero attached hydrogens (tertiary/aromatic N) is 1. The summed E-state index contributed by atoms with van der Waals surface area (Å²) in [6.07, 6.45) is 3.11. The predicted molar refractivity (Wildman–Crippen MR) is 67.3 cm³/mol. The topological polar surface area (TPSA) is 37.2 Å². The molecule has 1 heterocycles. The van der Waals surface area contributed by atoms with Crippen LogP contribution in [0.1, 0.15) is 32.9 Å². The lowest BCUT2D eigenvalue weighted by molar-refractivity contribution is 0.223. The van der Waals surface area contributed by atoms with E-state index in [1.165, 1.54) is 5.69 Å². The number of aromatic nitrogens is 1. The van der Waals surface area contributed by atoms with E-state index in [9.17, 15) is 5.11 Å². The molecule has 0 aliphatic heterocycles. The van der Waals surface area contributed by atoms with E-state index in [4.69, 9.17) is 0 Å². The summed E-state index contributed by atoms with van der Waals surface area (Å²) in [6.45, 7) is 8.54. The van der Waals surface area contributed by atoms with Crippen molar-refractivity contribution in [3.05, 3.63) is 24.0 Å². The minimum absolute atomic E-state index is 0.209. The molecule has 0 aliphatic carbocycles. The van der Waals surface area contributed by atoms with Gasteiger partial charge in [-0.3, -0.25) is 0 Å². The van der Waals surface area contributed by atoms with Crippen LogP contribution in [-0.2, 0) is 13.1 Å². The molecule has 3 heteroatoms. The van der Waals surface area contributed by atoms with Crippen LogP contribution in [0.4, 0.5) is 0 Å². The molecule has 1 aromatic rings. The summed E-state index contributed by atoms with van der Waals surface area (Å²) >= 11 is 0. The van der Waals surface area contributed by atoms with E-state index in [-0.39, 0.29) is 12.6 Å². The lowest BCUT2D eigenvalue weighted by Crippen LogP contribution is -2.33. The lowest BCUT2D eigenvalue weighted by Gasteiger charge is -2.18. The van der Waals surface area contributed by atoms with Crippen molar-refractivity contribution >= 4 is 0 Å². The van der Waals surface area contributed by atoms with E-state index in [0.717, 1.165) is 19.5 Å². The molecule has 2 N–H and O–H groups in total. The van der Waals surface area contributed by atoms with Crippen molar-refractivity contribution in [2.24, 2.45) is 5.92 Å². The highest BCUT2D eigenvalue weighted by Gasteiger charge is 2.09. The molecular weight excluding hydrogens is 200 g/mol. The second-order valence-corrected chi connectivity index (χ2v) is 4.68. The zero-order chi connectivity index (χ0) is 12.0. The second kappa shape index (κ2) is 6.71. The first-order valence-corrected chi connectivity index (χ1v) is 6.15. The third kappa shape index (κ3) is 3.99. The first-order chi connectivity index (χ1) is 7.67. The van der Waals surface area contributed by atoms with Crippen molar-refractivity contribution in [1.29, 1.82) is 0 Å². The van der Waals surface area contributed by atoms with E-state index < -0.39 is 0 Å². The summed E-state index contributed by atoms with van der Waals surface area (Å²) in [5, 5.41) is 12.7. The number of aliphatic hydroxyl groups excluding tert-OH is 1. The predicted octanol–water partition coefficient (Wildman–Crippen LogP) is 2.00. The second-order valence-electron chi connectivity index (χ2n) is 4.68. The Balaban J connectivity index is 2.43. The van der Waals surface area contributed by atoms with E-state index >= 15 is 0 Å². The Morgan fingerprint density at radius 1 is 1.44 bits per heavy atom. The van der Waals surface area contributed by atoms with Gasteiger partial charge in [-0.2, -0.15) is 0 Å². The molecule has 1 aromatic heterocycles. The molecule has 0 aliphatic rings.